The van der Waals surface area contributed by atoms with E-state index < -0.39 is 17.7 Å². The highest BCUT2D eigenvalue weighted by Gasteiger charge is 2.30. The monoisotopic (exact) mass is 333 g/mol. The van der Waals surface area contributed by atoms with Gasteiger partial charge in [-0.05, 0) is 23.7 Å². The molecule has 0 unspecified atom stereocenters. The number of nitrogens with zero attached hydrogens (tertiary/aromatic N) is 1. The van der Waals surface area contributed by atoms with E-state index in [4.69, 9.17) is 16.0 Å². The van der Waals surface area contributed by atoms with Crippen LogP contribution in [0.2, 0.25) is 5.35 Å². The quantitative estimate of drug-likeness (QED) is 0.790. The predicted octanol–water partition coefficient (Wildman–Crippen LogP) is 4.12. The van der Waals surface area contributed by atoms with Crippen LogP contribution in [-0.2, 0) is 22.1 Å². The average Bonchev–Trinajstić information content (AvgIpc) is 2.85. The SMILES string of the molecule is COC(=O)CCc1oc(Cl)nc1-c1ccc(C(F)(F)F)cc1. The number of benzene rings is 1. The lowest BCUT2D eigenvalue weighted by Crippen LogP contribution is -2.04. The van der Waals surface area contributed by atoms with E-state index in [2.05, 4.69) is 9.72 Å². The minimum Gasteiger partial charge on any atom is -0.469 e. The molecule has 0 atom stereocenters. The Morgan fingerprint density at radius 3 is 2.50 bits per heavy atom. The van der Waals surface area contributed by atoms with Gasteiger partial charge in [0.2, 0.25) is 0 Å². The Balaban J connectivity index is 2.26. The molecule has 0 saturated heterocycles. The van der Waals surface area contributed by atoms with Crippen LogP contribution in [-0.4, -0.2) is 18.1 Å². The van der Waals surface area contributed by atoms with Gasteiger partial charge in [0.25, 0.3) is 5.35 Å². The van der Waals surface area contributed by atoms with Crippen LogP contribution >= 0.6 is 11.6 Å². The Hall–Kier alpha value is -2.02. The van der Waals surface area contributed by atoms with Gasteiger partial charge in [0.15, 0.2) is 0 Å². The van der Waals surface area contributed by atoms with Crippen LogP contribution in [0.3, 0.4) is 0 Å². The molecule has 2 rings (SSSR count). The number of carbonyl (C=O) groups excluding carboxylic acids is 1. The van der Waals surface area contributed by atoms with Crippen molar-refractivity contribution in [2.45, 2.75) is 19.0 Å². The van der Waals surface area contributed by atoms with Crippen LogP contribution in [0.1, 0.15) is 17.7 Å². The number of oxazole rings is 1. The molecule has 0 saturated carbocycles. The zero-order valence-corrected chi connectivity index (χ0v) is 12.2. The number of methoxy groups -OCH3 is 1. The second-order valence-corrected chi connectivity index (χ2v) is 4.71. The van der Waals surface area contributed by atoms with Gasteiger partial charge >= 0.3 is 12.1 Å². The summed E-state index contributed by atoms with van der Waals surface area (Å²) in [5, 5.41) is -0.144. The number of aryl methyl sites for hydroxylation is 1. The molecule has 118 valence electrons. The Labute approximate surface area is 128 Å². The van der Waals surface area contributed by atoms with Gasteiger partial charge in [-0.1, -0.05) is 12.1 Å². The number of hydrogen-bond donors (Lipinski definition) is 0. The molecule has 8 heteroatoms. The largest absolute Gasteiger partial charge is 0.469 e. The van der Waals surface area contributed by atoms with E-state index in [0.29, 0.717) is 17.0 Å². The number of halogens is 4. The van der Waals surface area contributed by atoms with E-state index in [9.17, 15) is 18.0 Å². The third-order valence-corrected chi connectivity index (χ3v) is 3.10. The number of ether oxygens (including phenoxy) is 1. The van der Waals surface area contributed by atoms with Gasteiger partial charge in [-0.3, -0.25) is 4.79 Å². The number of rotatable bonds is 4. The summed E-state index contributed by atoms with van der Waals surface area (Å²) in [5.74, 6) is -0.124. The fourth-order valence-electron chi connectivity index (χ4n) is 1.85. The molecule has 0 N–H and O–H groups in total. The van der Waals surface area contributed by atoms with Gasteiger partial charge < -0.3 is 9.15 Å². The van der Waals surface area contributed by atoms with E-state index in [1.54, 1.807) is 0 Å². The van der Waals surface area contributed by atoms with Crippen molar-refractivity contribution < 1.29 is 27.1 Å². The van der Waals surface area contributed by atoms with Crippen molar-refractivity contribution in [3.8, 4) is 11.3 Å². The van der Waals surface area contributed by atoms with Crippen LogP contribution in [0.25, 0.3) is 11.3 Å². The Bertz CT molecular complexity index is 665. The first kappa shape index (κ1) is 16.4. The third-order valence-electron chi connectivity index (χ3n) is 2.94. The normalized spacial score (nSPS) is 11.5. The lowest BCUT2D eigenvalue weighted by molar-refractivity contribution is -0.140. The van der Waals surface area contributed by atoms with E-state index in [-0.39, 0.29) is 18.2 Å². The Morgan fingerprint density at radius 1 is 1.32 bits per heavy atom. The van der Waals surface area contributed by atoms with Gasteiger partial charge in [0.1, 0.15) is 11.5 Å². The summed E-state index contributed by atoms with van der Waals surface area (Å²) in [6.45, 7) is 0. The molecule has 0 fully saturated rings. The fourth-order valence-corrected chi connectivity index (χ4v) is 2.03. The zero-order chi connectivity index (χ0) is 16.3. The van der Waals surface area contributed by atoms with E-state index in [1.807, 2.05) is 0 Å². The molecule has 2 aromatic rings. The maximum atomic E-state index is 12.5. The second-order valence-electron chi connectivity index (χ2n) is 4.39. The summed E-state index contributed by atoms with van der Waals surface area (Å²) in [5.41, 5.74) is -0.0342. The van der Waals surface area contributed by atoms with Crippen LogP contribution in [0, 0.1) is 0 Å². The van der Waals surface area contributed by atoms with Gasteiger partial charge in [-0.25, -0.2) is 0 Å². The number of esters is 1. The summed E-state index contributed by atoms with van der Waals surface area (Å²) in [4.78, 5) is 15.1. The molecule has 0 spiro atoms. The molecule has 0 bridgehead atoms. The summed E-state index contributed by atoms with van der Waals surface area (Å²) in [6, 6.07) is 4.45. The Morgan fingerprint density at radius 2 is 1.95 bits per heavy atom. The van der Waals surface area contributed by atoms with Crippen LogP contribution in [0.15, 0.2) is 28.7 Å². The van der Waals surface area contributed by atoms with Crippen molar-refractivity contribution in [1.82, 2.24) is 4.98 Å². The molecular weight excluding hydrogens is 323 g/mol. The molecule has 0 amide bonds. The lowest BCUT2D eigenvalue weighted by Gasteiger charge is -2.07. The van der Waals surface area contributed by atoms with Crippen molar-refractivity contribution in [2.75, 3.05) is 7.11 Å². The average molecular weight is 334 g/mol. The van der Waals surface area contributed by atoms with Crippen LogP contribution in [0.4, 0.5) is 13.2 Å². The van der Waals surface area contributed by atoms with Gasteiger partial charge in [0, 0.05) is 12.0 Å². The molecule has 22 heavy (non-hydrogen) atoms. The predicted molar refractivity (Wildman–Crippen MR) is 72.3 cm³/mol. The standard InChI is InChI=1S/C14H11ClF3NO3/c1-21-11(20)7-6-10-12(19-13(15)22-10)8-2-4-9(5-3-8)14(16,17)18/h2-5H,6-7H2,1H3. The fraction of sp³-hybridized carbons (Fsp3) is 0.286. The van der Waals surface area contributed by atoms with Crippen molar-refractivity contribution in [3.63, 3.8) is 0 Å². The topological polar surface area (TPSA) is 52.3 Å². The van der Waals surface area contributed by atoms with E-state index in [0.717, 1.165) is 12.1 Å². The van der Waals surface area contributed by atoms with E-state index in [1.165, 1.54) is 19.2 Å². The smallest absolute Gasteiger partial charge is 0.416 e. The maximum absolute atomic E-state index is 12.5. The second kappa shape index (κ2) is 6.39. The van der Waals surface area contributed by atoms with Crippen molar-refractivity contribution in [1.29, 1.82) is 0 Å². The first-order valence-corrected chi connectivity index (χ1v) is 6.58. The Kier molecular flexibility index (Phi) is 4.75. The highest BCUT2D eigenvalue weighted by molar-refractivity contribution is 6.27. The first-order chi connectivity index (χ1) is 10.3. The summed E-state index contributed by atoms with van der Waals surface area (Å²) < 4.78 is 47.3. The minimum absolute atomic E-state index is 0.0512. The van der Waals surface area contributed by atoms with Crippen molar-refractivity contribution in [3.05, 3.63) is 40.9 Å². The third kappa shape index (κ3) is 3.79. The molecule has 0 aliphatic heterocycles. The molecule has 4 nitrogen and oxygen atoms in total. The van der Waals surface area contributed by atoms with Gasteiger partial charge in [0.05, 0.1) is 19.1 Å². The molecule has 0 radical (unpaired) electrons. The molecule has 1 aromatic heterocycles. The minimum atomic E-state index is -4.41. The number of aromatic nitrogens is 1. The lowest BCUT2D eigenvalue weighted by atomic mass is 10.1. The summed E-state index contributed by atoms with van der Waals surface area (Å²) in [6.07, 6.45) is -4.17. The van der Waals surface area contributed by atoms with E-state index >= 15 is 0 Å². The first-order valence-electron chi connectivity index (χ1n) is 6.21. The molecule has 0 aliphatic carbocycles. The molecule has 0 aliphatic rings. The van der Waals surface area contributed by atoms with Crippen molar-refractivity contribution >= 4 is 17.6 Å². The van der Waals surface area contributed by atoms with Gasteiger partial charge in [-0.15, -0.1) is 0 Å². The highest BCUT2D eigenvalue weighted by atomic mass is 35.5. The molecular formula is C14H11ClF3NO3. The summed E-state index contributed by atoms with van der Waals surface area (Å²) >= 11 is 5.69. The maximum Gasteiger partial charge on any atom is 0.416 e. The number of alkyl halides is 3. The highest BCUT2D eigenvalue weighted by Crippen LogP contribution is 2.32. The van der Waals surface area contributed by atoms with Crippen LogP contribution in [0.5, 0.6) is 0 Å². The zero-order valence-electron chi connectivity index (χ0n) is 11.4. The summed E-state index contributed by atoms with van der Waals surface area (Å²) in [7, 11) is 1.26. The molecule has 1 heterocycles. The number of hydrogen-bond acceptors (Lipinski definition) is 4. The van der Waals surface area contributed by atoms with Crippen molar-refractivity contribution in [2.24, 2.45) is 0 Å². The molecule has 1 aromatic carbocycles. The van der Waals surface area contributed by atoms with Crippen LogP contribution < -0.4 is 0 Å². The number of carbonyl (C=O) groups is 1. The van der Waals surface area contributed by atoms with Gasteiger partial charge in [-0.2, -0.15) is 18.2 Å².